The Kier molecular flexibility index (Phi) is 7.28. The van der Waals surface area contributed by atoms with Crippen molar-refractivity contribution in [3.05, 3.63) is 46.8 Å². The van der Waals surface area contributed by atoms with Gasteiger partial charge in [0.1, 0.15) is 18.5 Å². The van der Waals surface area contributed by atoms with Crippen LogP contribution in [0.1, 0.15) is 27.3 Å². The highest BCUT2D eigenvalue weighted by atomic mass is 35.5. The van der Waals surface area contributed by atoms with Crippen LogP contribution in [-0.2, 0) is 19.1 Å². The fourth-order valence-electron chi connectivity index (χ4n) is 2.72. The predicted octanol–water partition coefficient (Wildman–Crippen LogP) is 1.67. The van der Waals surface area contributed by atoms with Gasteiger partial charge in [-0.15, -0.1) is 12.4 Å². The van der Waals surface area contributed by atoms with E-state index >= 15 is 0 Å². The number of alkyl halides is 3. The largest absolute Gasteiger partial charge is 0.491 e. The Morgan fingerprint density at radius 2 is 2.18 bits per heavy atom. The molecule has 1 amide bonds. The molecule has 1 aromatic carbocycles. The number of carbonyl (C=O) groups excluding carboxylic acids is 1. The SMILES string of the molecule is Cl.O=C(NCC(O)COc1cccc(C(F)(F)F)c1)c1n[nH]c2c1CNCC2. The van der Waals surface area contributed by atoms with Gasteiger partial charge in [0.2, 0.25) is 0 Å². The Morgan fingerprint density at radius 1 is 1.39 bits per heavy atom. The number of halogens is 4. The number of H-pyrrole nitrogens is 1. The van der Waals surface area contributed by atoms with Crippen LogP contribution in [0.5, 0.6) is 5.75 Å². The molecule has 28 heavy (non-hydrogen) atoms. The lowest BCUT2D eigenvalue weighted by atomic mass is 10.1. The molecule has 0 fully saturated rings. The van der Waals surface area contributed by atoms with Crippen molar-refractivity contribution >= 4 is 18.3 Å². The zero-order valence-corrected chi connectivity index (χ0v) is 15.5. The normalized spacial score (nSPS) is 14.6. The van der Waals surface area contributed by atoms with Gasteiger partial charge >= 0.3 is 6.18 Å². The first kappa shape index (κ1) is 22.0. The number of ether oxygens (including phenoxy) is 1. The molecule has 2 heterocycles. The number of hydrogen-bond donors (Lipinski definition) is 4. The smallest absolute Gasteiger partial charge is 0.416 e. The molecule has 2 aromatic rings. The number of nitrogens with zero attached hydrogens (tertiary/aromatic N) is 1. The summed E-state index contributed by atoms with van der Waals surface area (Å²) in [4.78, 5) is 12.2. The van der Waals surface area contributed by atoms with Crippen molar-refractivity contribution < 1.29 is 27.8 Å². The molecular weight excluding hydrogens is 401 g/mol. The molecule has 0 aliphatic carbocycles. The van der Waals surface area contributed by atoms with Crippen molar-refractivity contribution in [1.29, 1.82) is 0 Å². The number of rotatable bonds is 6. The highest BCUT2D eigenvalue weighted by Crippen LogP contribution is 2.31. The third kappa shape index (κ3) is 5.37. The molecule has 154 valence electrons. The average Bonchev–Trinajstić information content (AvgIpc) is 3.08. The van der Waals surface area contributed by atoms with Crippen LogP contribution in [0.3, 0.4) is 0 Å². The minimum absolute atomic E-state index is 0. The van der Waals surface area contributed by atoms with E-state index in [2.05, 4.69) is 20.8 Å². The van der Waals surface area contributed by atoms with Crippen molar-refractivity contribution in [1.82, 2.24) is 20.8 Å². The van der Waals surface area contributed by atoms with E-state index in [9.17, 15) is 23.1 Å². The van der Waals surface area contributed by atoms with Crippen LogP contribution in [0.25, 0.3) is 0 Å². The predicted molar refractivity (Wildman–Crippen MR) is 96.5 cm³/mol. The van der Waals surface area contributed by atoms with Gasteiger partial charge in [-0.1, -0.05) is 6.07 Å². The number of fused-ring (bicyclic) bond motifs is 1. The van der Waals surface area contributed by atoms with E-state index in [1.54, 1.807) is 0 Å². The summed E-state index contributed by atoms with van der Waals surface area (Å²) < 4.78 is 43.2. The lowest BCUT2D eigenvalue weighted by Gasteiger charge is -2.15. The standard InChI is InChI=1S/C17H19F3N4O3.ClH/c18-17(19,20)10-2-1-3-12(6-10)27-9-11(25)7-22-16(26)15-13-8-21-5-4-14(13)23-24-15;/h1-3,6,11,21,25H,4-5,7-9H2,(H,22,26)(H,23,24);1H. The number of aromatic nitrogens is 2. The second kappa shape index (κ2) is 9.26. The summed E-state index contributed by atoms with van der Waals surface area (Å²) in [6, 6.07) is 4.38. The molecule has 7 nitrogen and oxygen atoms in total. The summed E-state index contributed by atoms with van der Waals surface area (Å²) in [7, 11) is 0. The minimum Gasteiger partial charge on any atom is -0.491 e. The maximum atomic E-state index is 12.7. The molecule has 1 aliphatic heterocycles. The third-order valence-corrected chi connectivity index (χ3v) is 4.12. The Balaban J connectivity index is 0.00000280. The van der Waals surface area contributed by atoms with Crippen molar-refractivity contribution in [2.24, 2.45) is 0 Å². The summed E-state index contributed by atoms with van der Waals surface area (Å²) in [5, 5.41) is 22.5. The van der Waals surface area contributed by atoms with Crippen LogP contribution >= 0.6 is 12.4 Å². The number of aliphatic hydroxyl groups excluding tert-OH is 1. The van der Waals surface area contributed by atoms with E-state index in [1.807, 2.05) is 0 Å². The van der Waals surface area contributed by atoms with Crippen LogP contribution in [-0.4, -0.2) is 47.0 Å². The first-order chi connectivity index (χ1) is 12.8. The van der Waals surface area contributed by atoms with E-state index in [0.717, 1.165) is 36.4 Å². The first-order valence-corrected chi connectivity index (χ1v) is 8.37. The van der Waals surface area contributed by atoms with Crippen LogP contribution < -0.4 is 15.4 Å². The van der Waals surface area contributed by atoms with Crippen LogP contribution in [0.15, 0.2) is 24.3 Å². The van der Waals surface area contributed by atoms with Gasteiger partial charge in [0.25, 0.3) is 5.91 Å². The molecule has 4 N–H and O–H groups in total. The molecule has 1 aliphatic rings. The lowest BCUT2D eigenvalue weighted by molar-refractivity contribution is -0.137. The number of aliphatic hydroxyl groups is 1. The maximum Gasteiger partial charge on any atom is 0.416 e. The molecule has 0 saturated carbocycles. The van der Waals surface area contributed by atoms with Crippen molar-refractivity contribution in [2.45, 2.75) is 25.2 Å². The molecule has 1 aromatic heterocycles. The van der Waals surface area contributed by atoms with Gasteiger partial charge in [-0.2, -0.15) is 18.3 Å². The van der Waals surface area contributed by atoms with Crippen LogP contribution in [0.2, 0.25) is 0 Å². The van der Waals surface area contributed by atoms with Gasteiger partial charge in [-0.3, -0.25) is 9.89 Å². The highest BCUT2D eigenvalue weighted by molar-refractivity contribution is 5.94. The van der Waals surface area contributed by atoms with Gasteiger partial charge in [-0.25, -0.2) is 0 Å². The van der Waals surface area contributed by atoms with Crippen LogP contribution in [0, 0.1) is 0 Å². The first-order valence-electron chi connectivity index (χ1n) is 8.37. The number of benzene rings is 1. The minimum atomic E-state index is -4.47. The topological polar surface area (TPSA) is 99.3 Å². The average molecular weight is 421 g/mol. The molecular formula is C17H20ClF3N4O3. The van der Waals surface area contributed by atoms with E-state index in [4.69, 9.17) is 4.74 Å². The van der Waals surface area contributed by atoms with E-state index in [1.165, 1.54) is 12.1 Å². The molecule has 1 unspecified atom stereocenters. The molecule has 3 rings (SSSR count). The summed E-state index contributed by atoms with van der Waals surface area (Å²) in [5.41, 5.74) is 1.14. The molecule has 0 radical (unpaired) electrons. The molecule has 11 heteroatoms. The third-order valence-electron chi connectivity index (χ3n) is 4.12. The van der Waals surface area contributed by atoms with Gasteiger partial charge in [0, 0.05) is 37.3 Å². The van der Waals surface area contributed by atoms with Gasteiger partial charge in [0.05, 0.1) is 5.56 Å². The second-order valence-electron chi connectivity index (χ2n) is 6.16. The van der Waals surface area contributed by atoms with E-state index in [0.29, 0.717) is 6.54 Å². The molecule has 0 spiro atoms. The zero-order valence-electron chi connectivity index (χ0n) is 14.7. The van der Waals surface area contributed by atoms with Gasteiger partial charge in [-0.05, 0) is 18.2 Å². The maximum absolute atomic E-state index is 12.7. The quantitative estimate of drug-likeness (QED) is 0.569. The summed E-state index contributed by atoms with van der Waals surface area (Å²) in [6.45, 7) is 0.965. The number of amides is 1. The number of nitrogens with one attached hydrogen (secondary N) is 3. The number of hydrogen-bond acceptors (Lipinski definition) is 5. The number of carbonyl (C=O) groups is 1. The Bertz CT molecular complexity index is 813. The second-order valence-corrected chi connectivity index (χ2v) is 6.16. The van der Waals surface area contributed by atoms with Crippen molar-refractivity contribution in [3.8, 4) is 5.75 Å². The lowest BCUT2D eigenvalue weighted by Crippen LogP contribution is -2.36. The Labute approximate surface area is 165 Å². The molecule has 0 saturated heterocycles. The van der Waals surface area contributed by atoms with Crippen molar-refractivity contribution in [3.63, 3.8) is 0 Å². The fourth-order valence-corrected chi connectivity index (χ4v) is 2.72. The van der Waals surface area contributed by atoms with E-state index < -0.39 is 23.8 Å². The number of aromatic amines is 1. The van der Waals surface area contributed by atoms with Crippen molar-refractivity contribution in [2.75, 3.05) is 19.7 Å². The fraction of sp³-hybridized carbons (Fsp3) is 0.412. The van der Waals surface area contributed by atoms with Gasteiger partial charge in [0.15, 0.2) is 5.69 Å². The van der Waals surface area contributed by atoms with E-state index in [-0.39, 0.29) is 37.0 Å². The van der Waals surface area contributed by atoms with Crippen LogP contribution in [0.4, 0.5) is 13.2 Å². The summed E-state index contributed by atoms with van der Waals surface area (Å²) >= 11 is 0. The molecule has 1 atom stereocenters. The summed E-state index contributed by atoms with van der Waals surface area (Å²) in [5.74, 6) is -0.447. The Morgan fingerprint density at radius 3 is 2.93 bits per heavy atom. The molecule has 0 bridgehead atoms. The van der Waals surface area contributed by atoms with Gasteiger partial charge < -0.3 is 20.5 Å². The monoisotopic (exact) mass is 420 g/mol. The Hall–Kier alpha value is -2.30. The highest BCUT2D eigenvalue weighted by Gasteiger charge is 2.30. The summed E-state index contributed by atoms with van der Waals surface area (Å²) in [6.07, 6.45) is -4.80. The zero-order chi connectivity index (χ0) is 19.4.